The standard InChI is InChI=1S/C12H21N7/c1-7(2)5-6-14-11-16-12-15-9(4)8(3)10(17-13)19(12)18-11/h7,17H,5-6,13H2,1-4H3,(H,14,18). The zero-order valence-corrected chi connectivity index (χ0v) is 11.9. The molecule has 0 aliphatic heterocycles. The SMILES string of the molecule is Cc1nc2nc(NCCC(C)C)nn2c(NN)c1C. The smallest absolute Gasteiger partial charge is 0.256 e. The molecule has 0 amide bonds. The lowest BCUT2D eigenvalue weighted by Gasteiger charge is -2.08. The van der Waals surface area contributed by atoms with Crippen LogP contribution in [0.15, 0.2) is 0 Å². The minimum Gasteiger partial charge on any atom is -0.353 e. The number of hydrogen-bond acceptors (Lipinski definition) is 6. The summed E-state index contributed by atoms with van der Waals surface area (Å²) in [7, 11) is 0. The van der Waals surface area contributed by atoms with E-state index in [4.69, 9.17) is 5.84 Å². The van der Waals surface area contributed by atoms with Crippen molar-refractivity contribution >= 4 is 17.5 Å². The fourth-order valence-electron chi connectivity index (χ4n) is 1.81. The Hall–Kier alpha value is -1.89. The topological polar surface area (TPSA) is 93.2 Å². The van der Waals surface area contributed by atoms with Crippen molar-refractivity contribution in [2.75, 3.05) is 17.3 Å². The number of aryl methyl sites for hydroxylation is 1. The fraction of sp³-hybridized carbons (Fsp3) is 0.583. The van der Waals surface area contributed by atoms with Crippen LogP contribution in [0.2, 0.25) is 0 Å². The van der Waals surface area contributed by atoms with Gasteiger partial charge in [-0.1, -0.05) is 13.8 Å². The highest BCUT2D eigenvalue weighted by molar-refractivity contribution is 5.53. The van der Waals surface area contributed by atoms with Gasteiger partial charge in [-0.3, -0.25) is 0 Å². The Kier molecular flexibility index (Phi) is 3.84. The van der Waals surface area contributed by atoms with Crippen LogP contribution < -0.4 is 16.6 Å². The van der Waals surface area contributed by atoms with Crippen molar-refractivity contribution in [1.82, 2.24) is 19.6 Å². The predicted octanol–water partition coefficient (Wildman–Crippen LogP) is 1.48. The van der Waals surface area contributed by atoms with E-state index >= 15 is 0 Å². The van der Waals surface area contributed by atoms with E-state index < -0.39 is 0 Å². The molecule has 2 aromatic heterocycles. The van der Waals surface area contributed by atoms with Gasteiger partial charge < -0.3 is 10.7 Å². The van der Waals surface area contributed by atoms with Crippen molar-refractivity contribution in [3.05, 3.63) is 11.3 Å². The average Bonchev–Trinajstić information content (AvgIpc) is 2.72. The maximum absolute atomic E-state index is 5.55. The van der Waals surface area contributed by atoms with Gasteiger partial charge in [-0.2, -0.15) is 9.50 Å². The summed E-state index contributed by atoms with van der Waals surface area (Å²) < 4.78 is 1.63. The summed E-state index contributed by atoms with van der Waals surface area (Å²) in [5.74, 6) is 8.03. The minimum absolute atomic E-state index is 0.545. The largest absolute Gasteiger partial charge is 0.353 e. The molecule has 7 nitrogen and oxygen atoms in total. The first-order chi connectivity index (χ1) is 9.02. The van der Waals surface area contributed by atoms with Crippen LogP contribution in [0.25, 0.3) is 5.78 Å². The number of hydrogen-bond donors (Lipinski definition) is 3. The second-order valence-corrected chi connectivity index (χ2v) is 5.07. The second-order valence-electron chi connectivity index (χ2n) is 5.07. The van der Waals surface area contributed by atoms with E-state index in [1.807, 2.05) is 13.8 Å². The van der Waals surface area contributed by atoms with E-state index in [1.165, 1.54) is 0 Å². The molecule has 4 N–H and O–H groups in total. The van der Waals surface area contributed by atoms with Crippen LogP contribution in [0, 0.1) is 19.8 Å². The predicted molar refractivity (Wildman–Crippen MR) is 76.0 cm³/mol. The van der Waals surface area contributed by atoms with Crippen molar-refractivity contribution in [3.63, 3.8) is 0 Å². The molecule has 0 saturated carbocycles. The normalized spacial score (nSPS) is 11.3. The van der Waals surface area contributed by atoms with Crippen molar-refractivity contribution in [2.24, 2.45) is 11.8 Å². The molecule has 0 aromatic carbocycles. The number of hydrazine groups is 1. The van der Waals surface area contributed by atoms with Crippen molar-refractivity contribution < 1.29 is 0 Å². The number of aromatic nitrogens is 4. The molecule has 0 spiro atoms. The zero-order chi connectivity index (χ0) is 14.0. The summed E-state index contributed by atoms with van der Waals surface area (Å²) in [6.45, 7) is 9.09. The molecule has 2 heterocycles. The molecule has 0 aliphatic carbocycles. The Morgan fingerprint density at radius 2 is 2.00 bits per heavy atom. The van der Waals surface area contributed by atoms with Crippen molar-refractivity contribution in [1.29, 1.82) is 0 Å². The second kappa shape index (κ2) is 5.40. The Labute approximate surface area is 112 Å². The number of anilines is 2. The minimum atomic E-state index is 0.545. The van der Waals surface area contributed by atoms with E-state index in [1.54, 1.807) is 4.52 Å². The highest BCUT2D eigenvalue weighted by Gasteiger charge is 2.12. The zero-order valence-electron chi connectivity index (χ0n) is 11.9. The van der Waals surface area contributed by atoms with Gasteiger partial charge in [-0.05, 0) is 26.2 Å². The van der Waals surface area contributed by atoms with E-state index in [-0.39, 0.29) is 0 Å². The summed E-state index contributed by atoms with van der Waals surface area (Å²) in [6.07, 6.45) is 1.07. The third kappa shape index (κ3) is 2.76. The average molecular weight is 263 g/mol. The molecule has 2 aromatic rings. The fourth-order valence-corrected chi connectivity index (χ4v) is 1.81. The number of fused-ring (bicyclic) bond motifs is 1. The third-order valence-electron chi connectivity index (χ3n) is 3.11. The van der Waals surface area contributed by atoms with Crippen molar-refractivity contribution in [2.45, 2.75) is 34.1 Å². The number of nitrogen functional groups attached to an aromatic ring is 1. The van der Waals surface area contributed by atoms with E-state index in [0.29, 0.717) is 23.5 Å². The Morgan fingerprint density at radius 1 is 1.26 bits per heavy atom. The molecule has 104 valence electrons. The van der Waals surface area contributed by atoms with Crippen LogP contribution >= 0.6 is 0 Å². The summed E-state index contributed by atoms with van der Waals surface area (Å²) >= 11 is 0. The summed E-state index contributed by atoms with van der Waals surface area (Å²) in [5.41, 5.74) is 4.52. The molecule has 0 atom stereocenters. The number of nitrogens with zero attached hydrogens (tertiary/aromatic N) is 4. The van der Waals surface area contributed by atoms with Crippen LogP contribution in [0.3, 0.4) is 0 Å². The van der Waals surface area contributed by atoms with Crippen LogP contribution in [0.5, 0.6) is 0 Å². The maximum atomic E-state index is 5.55. The first-order valence-corrected chi connectivity index (χ1v) is 6.47. The van der Waals surface area contributed by atoms with Crippen LogP contribution in [0.4, 0.5) is 11.8 Å². The summed E-state index contributed by atoms with van der Waals surface area (Å²) in [6, 6.07) is 0. The van der Waals surface area contributed by atoms with Gasteiger partial charge in [0, 0.05) is 17.8 Å². The van der Waals surface area contributed by atoms with Gasteiger partial charge in [0.2, 0.25) is 5.95 Å². The number of nitrogens with two attached hydrogens (primary N) is 1. The summed E-state index contributed by atoms with van der Waals surface area (Å²) in [4.78, 5) is 8.76. The molecule has 7 heteroatoms. The molecular formula is C12H21N7. The maximum Gasteiger partial charge on any atom is 0.256 e. The molecule has 0 saturated heterocycles. The van der Waals surface area contributed by atoms with E-state index in [0.717, 1.165) is 24.2 Å². The van der Waals surface area contributed by atoms with Crippen LogP contribution in [-0.4, -0.2) is 26.1 Å². The molecule has 19 heavy (non-hydrogen) atoms. The Balaban J connectivity index is 2.29. The molecular weight excluding hydrogens is 242 g/mol. The highest BCUT2D eigenvalue weighted by atomic mass is 15.4. The molecule has 0 bridgehead atoms. The van der Waals surface area contributed by atoms with Gasteiger partial charge in [0.1, 0.15) is 5.82 Å². The summed E-state index contributed by atoms with van der Waals surface area (Å²) in [5, 5.41) is 7.58. The molecule has 0 fully saturated rings. The Bertz CT molecular complexity index is 573. The van der Waals surface area contributed by atoms with Crippen LogP contribution in [-0.2, 0) is 0 Å². The van der Waals surface area contributed by atoms with Gasteiger partial charge in [0.05, 0.1) is 0 Å². The van der Waals surface area contributed by atoms with Crippen molar-refractivity contribution in [3.8, 4) is 0 Å². The van der Waals surface area contributed by atoms with Gasteiger partial charge in [0.15, 0.2) is 0 Å². The van der Waals surface area contributed by atoms with E-state index in [2.05, 4.69) is 39.7 Å². The number of nitrogens with one attached hydrogen (secondary N) is 2. The molecule has 0 aliphatic rings. The third-order valence-corrected chi connectivity index (χ3v) is 3.11. The first-order valence-electron chi connectivity index (χ1n) is 6.47. The lowest BCUT2D eigenvalue weighted by Crippen LogP contribution is -2.15. The lowest BCUT2D eigenvalue weighted by molar-refractivity contribution is 0.606. The molecule has 2 rings (SSSR count). The quantitative estimate of drug-likeness (QED) is 0.559. The molecule has 0 unspecified atom stereocenters. The Morgan fingerprint density at radius 3 is 2.63 bits per heavy atom. The van der Waals surface area contributed by atoms with Gasteiger partial charge in [-0.25, -0.2) is 10.8 Å². The van der Waals surface area contributed by atoms with Crippen LogP contribution in [0.1, 0.15) is 31.5 Å². The van der Waals surface area contributed by atoms with Gasteiger partial charge in [-0.15, -0.1) is 5.10 Å². The van der Waals surface area contributed by atoms with E-state index in [9.17, 15) is 0 Å². The van der Waals surface area contributed by atoms with Gasteiger partial charge in [0.25, 0.3) is 5.78 Å². The highest BCUT2D eigenvalue weighted by Crippen LogP contribution is 2.18. The monoisotopic (exact) mass is 263 g/mol. The first kappa shape index (κ1) is 13.5. The lowest BCUT2D eigenvalue weighted by atomic mass is 10.1. The number of rotatable bonds is 5. The molecule has 0 radical (unpaired) electrons. The van der Waals surface area contributed by atoms with Gasteiger partial charge >= 0.3 is 0 Å².